The van der Waals surface area contributed by atoms with Gasteiger partial charge in [-0.2, -0.15) is 5.26 Å². The van der Waals surface area contributed by atoms with Crippen molar-refractivity contribution in [3.05, 3.63) is 29.3 Å². The molecule has 3 N–H and O–H groups in total. The monoisotopic (exact) mass is 240 g/mol. The maximum absolute atomic E-state index is 9.44. The molecule has 3 nitrogen and oxygen atoms in total. The number of rotatable bonds is 2. The van der Waals surface area contributed by atoms with Crippen molar-refractivity contribution in [1.82, 2.24) is 0 Å². The van der Waals surface area contributed by atoms with E-state index in [1.165, 1.54) is 0 Å². The quantitative estimate of drug-likeness (QED) is 0.609. The molecule has 1 aromatic carbocycles. The molecule has 0 aromatic heterocycles. The molecule has 4 heteroatoms. The molecule has 1 atom stereocenters. The van der Waals surface area contributed by atoms with E-state index < -0.39 is 6.10 Å². The van der Waals surface area contributed by atoms with E-state index in [1.807, 2.05) is 6.07 Å². The van der Waals surface area contributed by atoms with Crippen molar-refractivity contribution in [1.29, 1.82) is 5.26 Å². The van der Waals surface area contributed by atoms with Gasteiger partial charge in [0.2, 0.25) is 0 Å². The highest BCUT2D eigenvalue weighted by Gasteiger charge is 2.07. The molecule has 68 valence electrons. The fraction of sp³-hybridized carbons (Fsp3) is 0.222. The number of aliphatic hydroxyl groups is 1. The molecule has 0 saturated carbocycles. The molecule has 13 heavy (non-hydrogen) atoms. The Hall–Kier alpha value is -1.05. The summed E-state index contributed by atoms with van der Waals surface area (Å²) in [6.07, 6.45) is -0.590. The number of nitrogens with two attached hydrogens (primary N) is 1. The molecule has 0 radical (unpaired) electrons. The fourth-order valence-electron chi connectivity index (χ4n) is 0.967. The molecule has 1 unspecified atom stereocenters. The Morgan fingerprint density at radius 2 is 2.31 bits per heavy atom. The van der Waals surface area contributed by atoms with Gasteiger partial charge in [-0.05, 0) is 17.7 Å². The predicted octanol–water partition coefficient (Wildman–Crippen LogP) is 1.57. The van der Waals surface area contributed by atoms with E-state index in [0.29, 0.717) is 22.1 Å². The number of nitrogen functional groups attached to an aromatic ring is 1. The number of nitriles is 1. The molecule has 0 aliphatic rings. The van der Waals surface area contributed by atoms with Gasteiger partial charge in [0.1, 0.15) is 6.07 Å². The molecule has 0 amide bonds. The van der Waals surface area contributed by atoms with Crippen LogP contribution in [0.5, 0.6) is 0 Å². The van der Waals surface area contributed by atoms with E-state index >= 15 is 0 Å². The van der Waals surface area contributed by atoms with E-state index in [-0.39, 0.29) is 0 Å². The summed E-state index contributed by atoms with van der Waals surface area (Å²) in [5.41, 5.74) is 7.06. The Kier molecular flexibility index (Phi) is 3.29. The zero-order chi connectivity index (χ0) is 9.84. The highest BCUT2D eigenvalue weighted by atomic mass is 79.9. The van der Waals surface area contributed by atoms with Crippen LogP contribution in [0.1, 0.15) is 17.2 Å². The van der Waals surface area contributed by atoms with Crippen molar-refractivity contribution in [2.75, 3.05) is 11.1 Å². The van der Waals surface area contributed by atoms with Crippen LogP contribution < -0.4 is 5.73 Å². The van der Waals surface area contributed by atoms with Gasteiger partial charge in [0, 0.05) is 11.0 Å². The SMILES string of the molecule is N#Cc1cc(C(O)CBr)ccc1N. The summed E-state index contributed by atoms with van der Waals surface area (Å²) in [6.45, 7) is 0. The van der Waals surface area contributed by atoms with E-state index in [0.717, 1.165) is 0 Å². The Labute approximate surface area is 84.9 Å². The van der Waals surface area contributed by atoms with Crippen LogP contribution in [0.2, 0.25) is 0 Å². The molecule has 0 spiro atoms. The summed E-state index contributed by atoms with van der Waals surface area (Å²) in [6, 6.07) is 6.90. The van der Waals surface area contributed by atoms with Crippen LogP contribution in [-0.2, 0) is 0 Å². The fourth-order valence-corrected chi connectivity index (χ4v) is 1.34. The number of aliphatic hydroxyl groups excluding tert-OH is 1. The van der Waals surface area contributed by atoms with Gasteiger partial charge in [0.15, 0.2) is 0 Å². The number of anilines is 1. The Bertz CT molecular complexity index is 346. The molecule has 0 bridgehead atoms. The summed E-state index contributed by atoms with van der Waals surface area (Å²) >= 11 is 3.15. The van der Waals surface area contributed by atoms with E-state index in [2.05, 4.69) is 15.9 Å². The van der Waals surface area contributed by atoms with Crippen LogP contribution in [0.25, 0.3) is 0 Å². The lowest BCUT2D eigenvalue weighted by atomic mass is 10.1. The standard InChI is InChI=1S/C9H9BrN2O/c10-4-9(13)6-1-2-8(12)7(3-6)5-11/h1-3,9,13H,4,12H2. The molecule has 0 aliphatic heterocycles. The summed E-state index contributed by atoms with van der Waals surface area (Å²) in [5.74, 6) is 0. The van der Waals surface area contributed by atoms with Crippen molar-refractivity contribution in [3.63, 3.8) is 0 Å². The average molecular weight is 241 g/mol. The Morgan fingerprint density at radius 3 is 2.85 bits per heavy atom. The van der Waals surface area contributed by atoms with Crippen LogP contribution in [0.15, 0.2) is 18.2 Å². The molecule has 0 aliphatic carbocycles. The minimum absolute atomic E-state index is 0.400. The van der Waals surface area contributed by atoms with Crippen LogP contribution in [-0.4, -0.2) is 10.4 Å². The lowest BCUT2D eigenvalue weighted by Gasteiger charge is -2.07. The number of halogens is 1. The smallest absolute Gasteiger partial charge is 0.101 e. The molecule has 0 heterocycles. The third-order valence-corrected chi connectivity index (χ3v) is 2.34. The summed E-state index contributed by atoms with van der Waals surface area (Å²) in [7, 11) is 0. The van der Waals surface area contributed by atoms with Gasteiger partial charge in [-0.15, -0.1) is 0 Å². The van der Waals surface area contributed by atoms with Gasteiger partial charge in [0.25, 0.3) is 0 Å². The normalized spacial score (nSPS) is 12.1. The number of hydrogen-bond acceptors (Lipinski definition) is 3. The first-order valence-corrected chi connectivity index (χ1v) is 4.84. The molecule has 0 saturated heterocycles. The number of alkyl halides is 1. The van der Waals surface area contributed by atoms with Gasteiger partial charge in [-0.1, -0.05) is 22.0 Å². The Balaban J connectivity index is 3.08. The van der Waals surface area contributed by atoms with Crippen molar-refractivity contribution in [3.8, 4) is 6.07 Å². The first-order chi connectivity index (χ1) is 6.19. The van der Waals surface area contributed by atoms with Crippen molar-refractivity contribution >= 4 is 21.6 Å². The van der Waals surface area contributed by atoms with E-state index in [4.69, 9.17) is 11.0 Å². The second kappa shape index (κ2) is 4.26. The summed E-state index contributed by atoms with van der Waals surface area (Å²) in [4.78, 5) is 0. The molecule has 1 rings (SSSR count). The van der Waals surface area contributed by atoms with Gasteiger partial charge in [-0.3, -0.25) is 0 Å². The zero-order valence-electron chi connectivity index (χ0n) is 6.87. The van der Waals surface area contributed by atoms with Crippen molar-refractivity contribution in [2.24, 2.45) is 0 Å². The van der Waals surface area contributed by atoms with E-state index in [9.17, 15) is 5.11 Å². The van der Waals surface area contributed by atoms with Crippen LogP contribution in [0.4, 0.5) is 5.69 Å². The predicted molar refractivity (Wildman–Crippen MR) is 54.3 cm³/mol. The van der Waals surface area contributed by atoms with Gasteiger partial charge in [0.05, 0.1) is 11.7 Å². The first-order valence-electron chi connectivity index (χ1n) is 3.72. The van der Waals surface area contributed by atoms with E-state index in [1.54, 1.807) is 18.2 Å². The maximum atomic E-state index is 9.44. The molecular formula is C9H9BrN2O. The lowest BCUT2D eigenvalue weighted by Crippen LogP contribution is -2.00. The van der Waals surface area contributed by atoms with Crippen LogP contribution in [0.3, 0.4) is 0 Å². The van der Waals surface area contributed by atoms with Crippen molar-refractivity contribution < 1.29 is 5.11 Å². The largest absolute Gasteiger partial charge is 0.398 e. The maximum Gasteiger partial charge on any atom is 0.101 e. The minimum atomic E-state index is -0.590. The first kappa shape index (κ1) is 10.0. The van der Waals surface area contributed by atoms with Crippen LogP contribution in [0, 0.1) is 11.3 Å². The highest BCUT2D eigenvalue weighted by Crippen LogP contribution is 2.19. The number of hydrogen-bond donors (Lipinski definition) is 2. The number of benzene rings is 1. The summed E-state index contributed by atoms with van der Waals surface area (Å²) in [5, 5.41) is 18.6. The van der Waals surface area contributed by atoms with Gasteiger partial charge >= 0.3 is 0 Å². The highest BCUT2D eigenvalue weighted by molar-refractivity contribution is 9.09. The topological polar surface area (TPSA) is 70.0 Å². The lowest BCUT2D eigenvalue weighted by molar-refractivity contribution is 0.205. The molecule has 0 fully saturated rings. The Morgan fingerprint density at radius 1 is 1.62 bits per heavy atom. The third kappa shape index (κ3) is 2.20. The average Bonchev–Trinajstić information content (AvgIpc) is 2.17. The van der Waals surface area contributed by atoms with Crippen LogP contribution >= 0.6 is 15.9 Å². The second-order valence-corrected chi connectivity index (χ2v) is 3.28. The molecule has 1 aromatic rings. The van der Waals surface area contributed by atoms with Gasteiger partial charge in [-0.25, -0.2) is 0 Å². The van der Waals surface area contributed by atoms with Gasteiger partial charge < -0.3 is 10.8 Å². The van der Waals surface area contributed by atoms with Crippen molar-refractivity contribution in [2.45, 2.75) is 6.10 Å². The third-order valence-electron chi connectivity index (χ3n) is 1.73. The zero-order valence-corrected chi connectivity index (χ0v) is 8.45. The molecular weight excluding hydrogens is 232 g/mol. The second-order valence-electron chi connectivity index (χ2n) is 2.63. The number of nitrogens with zero attached hydrogens (tertiary/aromatic N) is 1. The minimum Gasteiger partial charge on any atom is -0.398 e. The summed E-state index contributed by atoms with van der Waals surface area (Å²) < 4.78 is 0.